The molecule has 1 aliphatic heterocycles. The molecule has 2 rings (SSSR count). The number of hydrogen-bond donors (Lipinski definition) is 4. The number of amides is 1. The van der Waals surface area contributed by atoms with Gasteiger partial charge in [-0.25, -0.2) is 0 Å². The van der Waals surface area contributed by atoms with Crippen molar-refractivity contribution in [1.29, 1.82) is 0 Å². The number of rotatable bonds is 14. The minimum Gasteiger partial charge on any atom is -0.480 e. The van der Waals surface area contributed by atoms with E-state index in [9.17, 15) is 39.3 Å². The molecular weight excluding hydrogens is 723 g/mol. The molecular formula is C28H44LuN6O8. The summed E-state index contributed by atoms with van der Waals surface area (Å²) < 4.78 is 0. The maximum Gasteiger partial charge on any atom is 0.317 e. The number of likely N-dealkylation sites (N-methyl/N-ethyl adjacent to an activating group) is 1. The zero-order chi connectivity index (χ0) is 31.1. The number of benzene rings is 1. The molecule has 1 heterocycles. The fourth-order valence-electron chi connectivity index (χ4n) is 4.59. The van der Waals surface area contributed by atoms with Crippen LogP contribution in [0.3, 0.4) is 0 Å². The Bertz CT molecular complexity index is 1030. The van der Waals surface area contributed by atoms with E-state index >= 15 is 0 Å². The second kappa shape index (κ2) is 20.7. The van der Waals surface area contributed by atoms with Crippen molar-refractivity contribution < 1.29 is 76.2 Å². The first-order valence-corrected chi connectivity index (χ1v) is 14.0. The number of carboxylic acid groups (broad SMARTS) is 3. The molecule has 0 aliphatic carbocycles. The van der Waals surface area contributed by atoms with Crippen LogP contribution in [0, 0.1) is 36.9 Å². The number of carbonyl (C=O) groups excluding carboxylic acids is 2. The fourth-order valence-corrected chi connectivity index (χ4v) is 4.59. The summed E-state index contributed by atoms with van der Waals surface area (Å²) in [5, 5.41) is 30.9. The van der Waals surface area contributed by atoms with Gasteiger partial charge in [-0.2, -0.15) is 0 Å². The second-order valence-corrected chi connectivity index (χ2v) is 10.8. The fraction of sp³-hybridized carbons (Fsp3) is 0.607. The van der Waals surface area contributed by atoms with E-state index in [0.717, 1.165) is 12.1 Å². The van der Waals surface area contributed by atoms with Crippen LogP contribution in [0.1, 0.15) is 15.9 Å². The van der Waals surface area contributed by atoms with Gasteiger partial charge in [0.2, 0.25) is 0 Å². The summed E-state index contributed by atoms with van der Waals surface area (Å²) in [7, 11) is 3.85. The van der Waals surface area contributed by atoms with Crippen molar-refractivity contribution in [2.75, 3.05) is 106 Å². The predicted octanol–water partition coefficient (Wildman–Crippen LogP) is -1.43. The largest absolute Gasteiger partial charge is 0.480 e. The minimum absolute atomic E-state index is 0. The number of nitrogens with one attached hydrogen (secondary N) is 1. The summed E-state index contributed by atoms with van der Waals surface area (Å²) in [4.78, 5) is 68.6. The first-order chi connectivity index (χ1) is 19.9. The van der Waals surface area contributed by atoms with Crippen LogP contribution >= 0.6 is 0 Å². The van der Waals surface area contributed by atoms with Crippen molar-refractivity contribution in [3.8, 4) is 0 Å². The molecule has 0 unspecified atom stereocenters. The monoisotopic (exact) mass is 767 g/mol. The van der Waals surface area contributed by atoms with Crippen molar-refractivity contribution in [3.05, 3.63) is 35.4 Å². The summed E-state index contributed by atoms with van der Waals surface area (Å²) in [5.41, 5.74) is 1.27. The van der Waals surface area contributed by atoms with E-state index in [1.165, 1.54) is 0 Å². The Kier molecular flexibility index (Phi) is 18.7. The zero-order valence-electron chi connectivity index (χ0n) is 24.8. The Balaban J connectivity index is 0.00000924. The van der Waals surface area contributed by atoms with Crippen LogP contribution in [0.25, 0.3) is 0 Å². The standard InChI is InChI=1S/C28H44N6O8.Lu/c1-30(2)8-7-29-28(42)23-5-3-22(4-6-23)17-24(35)18-31-9-11-32(19-25(36)37)13-15-34(21-27(40)41)16-14-33(12-10-31)20-26(38)39;/h3-6H,7-21H2,1-2H3,(H,29,42)(H,36,37)(H,38,39)(H,40,41);. The Morgan fingerprint density at radius 2 is 1.05 bits per heavy atom. The molecule has 1 aliphatic rings. The van der Waals surface area contributed by atoms with E-state index in [0.29, 0.717) is 64.5 Å². The third-order valence-corrected chi connectivity index (χ3v) is 6.87. The van der Waals surface area contributed by atoms with Gasteiger partial charge >= 0.3 is 17.9 Å². The average molecular weight is 768 g/mol. The van der Waals surface area contributed by atoms with Crippen molar-refractivity contribution in [2.45, 2.75) is 6.42 Å². The van der Waals surface area contributed by atoms with Gasteiger partial charge in [0, 0.05) is 114 Å². The molecule has 249 valence electrons. The number of Topliss-reactive ketones (excluding diaryl/α,β-unsaturated/α-hetero) is 1. The SMILES string of the molecule is CN(C)CCNC(=O)c1ccc(CC(=O)CN2CCN(CC(=O)O)CCN(CC(=O)O)CCN(CC(=O)O)CC2)cc1.[Lu]. The second-order valence-electron chi connectivity index (χ2n) is 10.8. The van der Waals surface area contributed by atoms with E-state index < -0.39 is 17.9 Å². The predicted molar refractivity (Wildman–Crippen MR) is 155 cm³/mol. The van der Waals surface area contributed by atoms with Crippen LogP contribution in [-0.4, -0.2) is 175 Å². The summed E-state index contributed by atoms with van der Waals surface area (Å²) in [5.74, 6) is -3.27. The molecule has 0 bridgehead atoms. The van der Waals surface area contributed by atoms with Gasteiger partial charge in [-0.1, -0.05) is 12.1 Å². The molecule has 1 saturated heterocycles. The Labute approximate surface area is 281 Å². The van der Waals surface area contributed by atoms with Crippen molar-refractivity contribution in [2.24, 2.45) is 0 Å². The minimum atomic E-state index is -1.01. The van der Waals surface area contributed by atoms with Crippen molar-refractivity contribution >= 4 is 29.6 Å². The molecule has 1 fully saturated rings. The van der Waals surface area contributed by atoms with E-state index in [1.54, 1.807) is 39.0 Å². The summed E-state index contributed by atoms with van der Waals surface area (Å²) in [6, 6.07) is 6.87. The van der Waals surface area contributed by atoms with Crippen LogP contribution in [-0.2, 0) is 25.6 Å². The molecule has 0 aromatic heterocycles. The molecule has 14 nitrogen and oxygen atoms in total. The molecule has 1 radical (unpaired) electrons. The number of carboxylic acids is 3. The van der Waals surface area contributed by atoms with E-state index in [-0.39, 0.29) is 81.2 Å². The summed E-state index contributed by atoms with van der Waals surface area (Å²) >= 11 is 0. The summed E-state index contributed by atoms with van der Waals surface area (Å²) in [6.45, 7) is 3.37. The maximum atomic E-state index is 13.0. The van der Waals surface area contributed by atoms with E-state index in [4.69, 9.17) is 0 Å². The van der Waals surface area contributed by atoms with Gasteiger partial charge in [0.25, 0.3) is 5.91 Å². The zero-order valence-corrected chi connectivity index (χ0v) is 26.4. The smallest absolute Gasteiger partial charge is 0.317 e. The van der Waals surface area contributed by atoms with Crippen molar-refractivity contribution in [3.63, 3.8) is 0 Å². The number of hydrogen-bond acceptors (Lipinski definition) is 10. The van der Waals surface area contributed by atoms with E-state index in [1.807, 2.05) is 23.9 Å². The molecule has 15 heteroatoms. The normalized spacial score (nSPS) is 16.4. The van der Waals surface area contributed by atoms with Gasteiger partial charge in [0.1, 0.15) is 0 Å². The third-order valence-electron chi connectivity index (χ3n) is 6.87. The molecule has 1 aromatic rings. The Morgan fingerprint density at radius 1 is 0.674 bits per heavy atom. The molecule has 1 aromatic carbocycles. The third kappa shape index (κ3) is 17.0. The van der Waals surface area contributed by atoms with Gasteiger partial charge in [-0.3, -0.25) is 43.6 Å². The van der Waals surface area contributed by atoms with Gasteiger partial charge in [-0.15, -0.1) is 0 Å². The van der Waals surface area contributed by atoms with Crippen molar-refractivity contribution in [1.82, 2.24) is 29.8 Å². The Hall–Kier alpha value is -2.20. The first kappa shape index (κ1) is 38.8. The molecule has 43 heavy (non-hydrogen) atoms. The topological polar surface area (TPSA) is 174 Å². The number of ketones is 1. The molecule has 0 saturated carbocycles. The number of nitrogens with zero attached hydrogens (tertiary/aromatic N) is 5. The van der Waals surface area contributed by atoms with Gasteiger partial charge < -0.3 is 25.5 Å². The van der Waals surface area contributed by atoms with E-state index in [2.05, 4.69) is 5.32 Å². The van der Waals surface area contributed by atoms with Gasteiger partial charge in [0.15, 0.2) is 5.78 Å². The van der Waals surface area contributed by atoms with Gasteiger partial charge in [-0.05, 0) is 31.8 Å². The van der Waals surface area contributed by atoms with Crippen LogP contribution in [0.4, 0.5) is 0 Å². The van der Waals surface area contributed by atoms with Crippen LogP contribution in [0.2, 0.25) is 0 Å². The molecule has 1 amide bonds. The van der Waals surface area contributed by atoms with Crippen LogP contribution in [0.5, 0.6) is 0 Å². The van der Waals surface area contributed by atoms with Gasteiger partial charge in [0.05, 0.1) is 26.2 Å². The molecule has 0 spiro atoms. The molecule has 4 N–H and O–H groups in total. The number of aliphatic carboxylic acids is 3. The Morgan fingerprint density at radius 3 is 1.40 bits per heavy atom. The van der Waals surface area contributed by atoms with Crippen LogP contribution in [0.15, 0.2) is 24.3 Å². The average Bonchev–Trinajstić information content (AvgIpc) is 2.89. The first-order valence-electron chi connectivity index (χ1n) is 14.0. The number of carbonyl (C=O) groups is 5. The molecule has 0 atom stereocenters. The van der Waals surface area contributed by atoms with Crippen LogP contribution < -0.4 is 5.32 Å². The maximum absolute atomic E-state index is 13.0. The quantitative estimate of drug-likeness (QED) is 0.174. The summed E-state index contributed by atoms with van der Waals surface area (Å²) in [6.07, 6.45) is 0.154.